The Kier molecular flexibility index (Phi) is 4.86. The number of pyridine rings is 1. The monoisotopic (exact) mass is 392 g/mol. The Morgan fingerprint density at radius 2 is 1.93 bits per heavy atom. The number of benzene rings is 1. The van der Waals surface area contributed by atoms with Gasteiger partial charge in [-0.1, -0.05) is 6.07 Å². The number of hydrogen-bond donors (Lipinski definition) is 2. The molecule has 9 heteroatoms. The highest BCUT2D eigenvalue weighted by atomic mass is 16.5. The van der Waals surface area contributed by atoms with Crippen molar-refractivity contribution in [2.45, 2.75) is 13.0 Å². The summed E-state index contributed by atoms with van der Waals surface area (Å²) in [4.78, 5) is 12.7. The maximum Gasteiger partial charge on any atom is 0.269 e. The van der Waals surface area contributed by atoms with Gasteiger partial charge in [-0.05, 0) is 43.3 Å². The molecule has 0 spiro atoms. The Labute approximate surface area is 166 Å². The van der Waals surface area contributed by atoms with E-state index < -0.39 is 0 Å². The number of amides is 1. The van der Waals surface area contributed by atoms with Crippen molar-refractivity contribution < 1.29 is 14.3 Å². The first kappa shape index (κ1) is 18.5. The van der Waals surface area contributed by atoms with Crippen LogP contribution in [0.25, 0.3) is 16.9 Å². The topological polar surface area (TPSA) is 106 Å². The lowest BCUT2D eigenvalue weighted by atomic mass is 10.1. The molecule has 0 unspecified atom stereocenters. The van der Waals surface area contributed by atoms with Crippen LogP contribution in [0.4, 0.5) is 0 Å². The van der Waals surface area contributed by atoms with Crippen LogP contribution >= 0.6 is 0 Å². The number of methoxy groups -OCH3 is 2. The van der Waals surface area contributed by atoms with Crippen LogP contribution in [0, 0.1) is 0 Å². The van der Waals surface area contributed by atoms with Crippen LogP contribution in [0.3, 0.4) is 0 Å². The van der Waals surface area contributed by atoms with E-state index in [0.717, 1.165) is 11.2 Å². The highest BCUT2D eigenvalue weighted by molar-refractivity contribution is 5.93. The Morgan fingerprint density at radius 1 is 1.10 bits per heavy atom. The molecule has 9 nitrogen and oxygen atoms in total. The first-order valence-electron chi connectivity index (χ1n) is 8.99. The van der Waals surface area contributed by atoms with Crippen molar-refractivity contribution >= 4 is 11.6 Å². The van der Waals surface area contributed by atoms with Crippen molar-refractivity contribution in [3.63, 3.8) is 0 Å². The van der Waals surface area contributed by atoms with E-state index in [2.05, 4.69) is 25.7 Å². The van der Waals surface area contributed by atoms with Crippen molar-refractivity contribution in [3.05, 3.63) is 60.2 Å². The zero-order valence-electron chi connectivity index (χ0n) is 16.2. The molecule has 1 atom stereocenters. The lowest BCUT2D eigenvalue weighted by molar-refractivity contribution is 0.0933. The molecule has 0 aliphatic heterocycles. The van der Waals surface area contributed by atoms with E-state index in [9.17, 15) is 4.79 Å². The Morgan fingerprint density at radius 3 is 2.72 bits per heavy atom. The van der Waals surface area contributed by atoms with Crippen molar-refractivity contribution in [1.82, 2.24) is 30.1 Å². The lowest BCUT2D eigenvalue weighted by Gasteiger charge is -2.11. The molecule has 4 rings (SSSR count). The van der Waals surface area contributed by atoms with E-state index in [4.69, 9.17) is 9.47 Å². The Hall–Kier alpha value is -3.88. The minimum atomic E-state index is -0.340. The number of rotatable bonds is 6. The summed E-state index contributed by atoms with van der Waals surface area (Å²) in [5.41, 5.74) is 2.49. The van der Waals surface area contributed by atoms with Gasteiger partial charge in [0.1, 0.15) is 5.69 Å². The average Bonchev–Trinajstić information content (AvgIpc) is 3.40. The molecule has 29 heavy (non-hydrogen) atoms. The smallest absolute Gasteiger partial charge is 0.269 e. The van der Waals surface area contributed by atoms with Crippen molar-refractivity contribution in [2.75, 3.05) is 14.2 Å². The summed E-state index contributed by atoms with van der Waals surface area (Å²) in [7, 11) is 3.15. The normalized spacial score (nSPS) is 12.0. The van der Waals surface area contributed by atoms with Gasteiger partial charge in [-0.3, -0.25) is 14.3 Å². The fourth-order valence-electron chi connectivity index (χ4n) is 3.08. The summed E-state index contributed by atoms with van der Waals surface area (Å²) in [6.45, 7) is 1.85. The summed E-state index contributed by atoms with van der Waals surface area (Å²) < 4.78 is 12.4. The van der Waals surface area contributed by atoms with Gasteiger partial charge in [-0.15, -0.1) is 10.2 Å². The Balaban J connectivity index is 1.53. The van der Waals surface area contributed by atoms with Gasteiger partial charge in [0.15, 0.2) is 23.0 Å². The maximum absolute atomic E-state index is 12.7. The lowest BCUT2D eigenvalue weighted by Crippen LogP contribution is -2.28. The zero-order valence-corrected chi connectivity index (χ0v) is 16.2. The van der Waals surface area contributed by atoms with Gasteiger partial charge in [0.25, 0.3) is 5.91 Å². The minimum absolute atomic E-state index is 0.288. The van der Waals surface area contributed by atoms with E-state index in [1.54, 1.807) is 26.4 Å². The highest BCUT2D eigenvalue weighted by Crippen LogP contribution is 2.31. The summed E-state index contributed by atoms with van der Waals surface area (Å²) in [6.07, 6.45) is 1.86. The molecule has 0 saturated heterocycles. The van der Waals surface area contributed by atoms with Crippen LogP contribution in [-0.4, -0.2) is 44.9 Å². The van der Waals surface area contributed by atoms with E-state index >= 15 is 0 Å². The van der Waals surface area contributed by atoms with Crippen molar-refractivity contribution in [2.24, 2.45) is 0 Å². The van der Waals surface area contributed by atoms with Crippen LogP contribution in [0.1, 0.15) is 29.3 Å². The van der Waals surface area contributed by atoms with E-state index in [-0.39, 0.29) is 11.9 Å². The molecule has 3 aromatic heterocycles. The van der Waals surface area contributed by atoms with Gasteiger partial charge >= 0.3 is 0 Å². The summed E-state index contributed by atoms with van der Waals surface area (Å²) in [5.74, 6) is 1.57. The van der Waals surface area contributed by atoms with Gasteiger partial charge in [-0.2, -0.15) is 5.10 Å². The first-order chi connectivity index (χ1) is 14.1. The third-order valence-corrected chi connectivity index (χ3v) is 4.58. The van der Waals surface area contributed by atoms with Gasteiger partial charge in [0.2, 0.25) is 0 Å². The number of aromatic nitrogens is 5. The molecule has 0 aliphatic rings. The highest BCUT2D eigenvalue weighted by Gasteiger charge is 2.19. The van der Waals surface area contributed by atoms with Gasteiger partial charge < -0.3 is 14.8 Å². The fraction of sp³-hybridized carbons (Fsp3) is 0.200. The molecule has 3 heterocycles. The summed E-state index contributed by atoms with van der Waals surface area (Å²) in [5, 5.41) is 18.2. The number of hydrogen-bond acceptors (Lipinski definition) is 6. The third-order valence-electron chi connectivity index (χ3n) is 4.58. The molecule has 4 aromatic rings. The number of nitrogens with zero attached hydrogens (tertiary/aromatic N) is 4. The fourth-order valence-corrected chi connectivity index (χ4v) is 3.08. The van der Waals surface area contributed by atoms with Crippen LogP contribution in [0.5, 0.6) is 11.5 Å². The second-order valence-corrected chi connectivity index (χ2v) is 6.42. The number of nitrogens with one attached hydrogen (secondary N) is 2. The SMILES string of the molecule is COc1ccc(-c2cc(C(=O)N[C@@H](C)c3nnc4ccccn34)[nH]n2)cc1OC. The van der Waals surface area contributed by atoms with Crippen molar-refractivity contribution in [3.8, 4) is 22.8 Å². The zero-order chi connectivity index (χ0) is 20.4. The van der Waals surface area contributed by atoms with Gasteiger partial charge in [0, 0.05) is 11.8 Å². The van der Waals surface area contributed by atoms with Crippen LogP contribution < -0.4 is 14.8 Å². The van der Waals surface area contributed by atoms with Crippen LogP contribution in [-0.2, 0) is 0 Å². The summed E-state index contributed by atoms with van der Waals surface area (Å²) in [6, 6.07) is 12.4. The predicted molar refractivity (Wildman–Crippen MR) is 106 cm³/mol. The second kappa shape index (κ2) is 7.63. The molecule has 0 bridgehead atoms. The number of fused-ring (bicyclic) bond motifs is 1. The molecule has 148 valence electrons. The molecule has 1 amide bonds. The molecule has 0 aliphatic carbocycles. The summed E-state index contributed by atoms with van der Waals surface area (Å²) >= 11 is 0. The van der Waals surface area contributed by atoms with E-state index in [1.807, 2.05) is 47.9 Å². The van der Waals surface area contributed by atoms with Crippen LogP contribution in [0.15, 0.2) is 48.7 Å². The quantitative estimate of drug-likeness (QED) is 0.522. The number of carbonyl (C=O) groups is 1. The third kappa shape index (κ3) is 3.49. The van der Waals surface area contributed by atoms with Gasteiger partial charge in [-0.25, -0.2) is 0 Å². The van der Waals surface area contributed by atoms with Crippen molar-refractivity contribution in [1.29, 1.82) is 0 Å². The maximum atomic E-state index is 12.7. The molecular weight excluding hydrogens is 372 g/mol. The minimum Gasteiger partial charge on any atom is -0.493 e. The van der Waals surface area contributed by atoms with E-state index in [0.29, 0.717) is 28.7 Å². The van der Waals surface area contributed by atoms with Gasteiger partial charge in [0.05, 0.1) is 26.0 Å². The molecule has 2 N–H and O–H groups in total. The first-order valence-corrected chi connectivity index (χ1v) is 8.99. The predicted octanol–water partition coefficient (Wildman–Crippen LogP) is 2.63. The molecular formula is C20H20N6O3. The second-order valence-electron chi connectivity index (χ2n) is 6.42. The number of ether oxygens (including phenoxy) is 2. The number of carbonyl (C=O) groups excluding carboxylic acids is 1. The molecule has 0 saturated carbocycles. The molecule has 1 aromatic carbocycles. The number of H-pyrrole nitrogens is 1. The molecule has 0 radical (unpaired) electrons. The largest absolute Gasteiger partial charge is 0.493 e. The van der Waals surface area contributed by atoms with E-state index in [1.165, 1.54) is 0 Å². The average molecular weight is 392 g/mol. The standard InChI is InChI=1S/C20H20N6O3/c1-12(19-25-24-18-6-4-5-9-26(18)19)21-20(27)15-11-14(22-23-15)13-7-8-16(28-2)17(10-13)29-3/h4-12H,1-3H3,(H,21,27)(H,22,23)/t12-/m0/s1. The molecule has 0 fully saturated rings. The Bertz CT molecular complexity index is 1170. The number of aromatic amines is 1. The van der Waals surface area contributed by atoms with Crippen LogP contribution in [0.2, 0.25) is 0 Å².